The molecular weight excluding hydrogens is 835 g/mol. The number of hydrogen-bond donors (Lipinski definition) is 0. The first-order chi connectivity index (χ1) is 34.2. The van der Waals surface area contributed by atoms with Gasteiger partial charge < -0.3 is 9.32 Å². The van der Waals surface area contributed by atoms with Gasteiger partial charge in [0, 0.05) is 33.0 Å². The van der Waals surface area contributed by atoms with E-state index in [1.807, 2.05) is 6.07 Å². The fourth-order valence-corrected chi connectivity index (χ4v) is 16.4. The summed E-state index contributed by atoms with van der Waals surface area (Å²) in [6, 6.07) is 73.9. The largest absolute Gasteiger partial charge is 0.456 e. The summed E-state index contributed by atoms with van der Waals surface area (Å²) < 4.78 is 6.24. The minimum Gasteiger partial charge on any atom is -0.456 e. The van der Waals surface area contributed by atoms with Crippen LogP contribution in [0.15, 0.2) is 199 Å². The van der Waals surface area contributed by atoms with Crippen LogP contribution in [0.4, 0.5) is 17.1 Å². The van der Waals surface area contributed by atoms with Gasteiger partial charge in [-0.2, -0.15) is 0 Å². The normalized spacial score (nSPS) is 24.7. The van der Waals surface area contributed by atoms with Gasteiger partial charge in [0.1, 0.15) is 11.2 Å². The van der Waals surface area contributed by atoms with Crippen LogP contribution in [-0.2, 0) is 5.41 Å². The Balaban J connectivity index is 0.879. The number of nitrogens with zero attached hydrogens (tertiary/aromatic N) is 1. The van der Waals surface area contributed by atoms with Crippen LogP contribution in [0.3, 0.4) is 0 Å². The SMILES string of the molecule is c1ccc(N(c2ccc(-c3ccc4oc5ccccc5c4c3)cc2)c2ccccc2-c2cccc3cccc(C4CCCCC4)c23)c(-c2ccc3c(c2)C2(c4ccccc4-3)C3CC4CC5CC2C453)c1. The smallest absolute Gasteiger partial charge is 0.135 e. The highest BCUT2D eigenvalue weighted by Gasteiger charge is 2.90. The van der Waals surface area contributed by atoms with Crippen molar-refractivity contribution in [2.24, 2.45) is 29.1 Å². The molecule has 0 amide bonds. The molecule has 5 fully saturated rings. The van der Waals surface area contributed by atoms with Crippen molar-refractivity contribution in [2.45, 2.75) is 62.7 Å². The van der Waals surface area contributed by atoms with Crippen LogP contribution in [0.5, 0.6) is 0 Å². The highest BCUT2D eigenvalue weighted by Crippen LogP contribution is 2.94. The molecule has 2 nitrogen and oxygen atoms in total. The van der Waals surface area contributed by atoms with Gasteiger partial charge in [-0.05, 0) is 176 Å². The van der Waals surface area contributed by atoms with Crippen LogP contribution >= 0.6 is 0 Å². The first-order valence-corrected chi connectivity index (χ1v) is 26.0. The van der Waals surface area contributed by atoms with E-state index >= 15 is 0 Å². The van der Waals surface area contributed by atoms with Gasteiger partial charge >= 0.3 is 0 Å². The Bertz CT molecular complexity index is 3730. The minimum atomic E-state index is 0.155. The summed E-state index contributed by atoms with van der Waals surface area (Å²) in [7, 11) is 0. The average molecular weight is 888 g/mol. The summed E-state index contributed by atoms with van der Waals surface area (Å²) in [5, 5.41) is 5.04. The maximum absolute atomic E-state index is 6.24. The van der Waals surface area contributed by atoms with Crippen LogP contribution in [-0.4, -0.2) is 0 Å². The Hall–Kier alpha value is -7.16. The molecule has 332 valence electrons. The molecule has 0 radical (unpaired) electrons. The second-order valence-corrected chi connectivity index (χ2v) is 21.7. The number of fused-ring (bicyclic) bond motifs is 11. The van der Waals surface area contributed by atoms with E-state index < -0.39 is 0 Å². The van der Waals surface area contributed by atoms with Crippen LogP contribution in [0, 0.1) is 29.1 Å². The lowest BCUT2D eigenvalue weighted by Gasteiger charge is -2.92. The lowest BCUT2D eigenvalue weighted by molar-refractivity contribution is -0.412. The third kappa shape index (κ3) is 5.02. The lowest BCUT2D eigenvalue weighted by atomic mass is 9.11. The quantitative estimate of drug-likeness (QED) is 0.159. The minimum absolute atomic E-state index is 0.155. The second-order valence-electron chi connectivity index (χ2n) is 21.7. The van der Waals surface area contributed by atoms with Gasteiger partial charge in [-0.1, -0.05) is 165 Å². The first-order valence-electron chi connectivity index (χ1n) is 26.0. The zero-order valence-corrected chi connectivity index (χ0v) is 38.9. The van der Waals surface area contributed by atoms with Gasteiger partial charge in [0.2, 0.25) is 0 Å². The van der Waals surface area contributed by atoms with E-state index in [9.17, 15) is 0 Å². The molecule has 6 aliphatic rings. The van der Waals surface area contributed by atoms with Gasteiger partial charge in [0.25, 0.3) is 0 Å². The van der Waals surface area contributed by atoms with E-state index in [-0.39, 0.29) is 5.41 Å². The van der Waals surface area contributed by atoms with Crippen molar-refractivity contribution in [3.8, 4) is 44.5 Å². The fourth-order valence-electron chi connectivity index (χ4n) is 16.4. The molecule has 4 unspecified atom stereocenters. The van der Waals surface area contributed by atoms with Crippen LogP contribution in [0.25, 0.3) is 77.2 Å². The molecule has 0 aliphatic heterocycles. The fraction of sp³-hybridized carbons (Fsp3) is 0.224. The molecule has 69 heavy (non-hydrogen) atoms. The van der Waals surface area contributed by atoms with Crippen molar-refractivity contribution in [1.82, 2.24) is 0 Å². The predicted molar refractivity (Wildman–Crippen MR) is 285 cm³/mol. The summed E-state index contributed by atoms with van der Waals surface area (Å²) in [6.45, 7) is 0. The highest BCUT2D eigenvalue weighted by atomic mass is 16.3. The third-order valence-electron chi connectivity index (χ3n) is 19.2. The summed E-state index contributed by atoms with van der Waals surface area (Å²) in [4.78, 5) is 2.57. The summed E-state index contributed by atoms with van der Waals surface area (Å²) >= 11 is 0. The van der Waals surface area contributed by atoms with Crippen molar-refractivity contribution >= 4 is 49.8 Å². The Morgan fingerprint density at radius 3 is 1.88 bits per heavy atom. The summed E-state index contributed by atoms with van der Waals surface area (Å²) in [5.41, 5.74) is 21.4. The molecule has 4 atom stereocenters. The van der Waals surface area contributed by atoms with Gasteiger partial charge in [-0.3, -0.25) is 0 Å². The molecule has 0 bridgehead atoms. The van der Waals surface area contributed by atoms with Crippen LogP contribution in [0.2, 0.25) is 0 Å². The number of furan rings is 1. The molecule has 6 aliphatic carbocycles. The molecule has 16 rings (SSSR count). The van der Waals surface area contributed by atoms with E-state index in [4.69, 9.17) is 4.42 Å². The van der Waals surface area contributed by atoms with E-state index in [0.29, 0.717) is 11.3 Å². The first kappa shape index (κ1) is 38.8. The van der Waals surface area contributed by atoms with Crippen molar-refractivity contribution in [3.05, 3.63) is 211 Å². The molecule has 0 N–H and O–H groups in total. The number of rotatable bonds is 7. The van der Waals surface area contributed by atoms with Crippen molar-refractivity contribution < 1.29 is 4.42 Å². The topological polar surface area (TPSA) is 16.4 Å². The maximum atomic E-state index is 6.24. The number of hydrogen-bond acceptors (Lipinski definition) is 2. The maximum Gasteiger partial charge on any atom is 0.135 e. The summed E-state index contributed by atoms with van der Waals surface area (Å²) in [5.74, 6) is 4.11. The Labute approximate surface area is 404 Å². The molecule has 1 aromatic heterocycles. The molecule has 1 heterocycles. The molecular formula is C67H53NO. The molecule has 5 saturated carbocycles. The number of anilines is 3. The lowest BCUT2D eigenvalue weighted by Crippen LogP contribution is -2.88. The van der Waals surface area contributed by atoms with Gasteiger partial charge in [0.05, 0.1) is 11.4 Å². The highest BCUT2D eigenvalue weighted by molar-refractivity contribution is 6.07. The van der Waals surface area contributed by atoms with Crippen LogP contribution in [0.1, 0.15) is 74.0 Å². The van der Waals surface area contributed by atoms with Crippen molar-refractivity contribution in [2.75, 3.05) is 4.90 Å². The standard InChI is InChI=1S/C67H53NO/c1-2-14-42(15-3-1)50-22-12-16-43-17-13-23-55(65(43)50)53-20-6-10-26-60(53)68(48-32-28-41(29-33-48)44-31-35-62-56(36-44)54-21-7-11-27-61(54)69-62)59-25-9-5-18-49(59)45-30-34-52-51-19-4-8-24-57(51)67(58(52)37-45)63-39-46-38-47-40-64(67)66(46,47)63/h4-13,16-37,42,46-47,63-64H,1-3,14-15,38-40H2. The number of benzene rings is 9. The predicted octanol–water partition coefficient (Wildman–Crippen LogP) is 18.2. The van der Waals surface area contributed by atoms with E-state index in [1.165, 1.54) is 124 Å². The Kier molecular flexibility index (Phi) is 7.98. The zero-order chi connectivity index (χ0) is 45.0. The van der Waals surface area contributed by atoms with Gasteiger partial charge in [-0.25, -0.2) is 0 Å². The van der Waals surface area contributed by atoms with Crippen LogP contribution < -0.4 is 4.90 Å². The van der Waals surface area contributed by atoms with E-state index in [1.54, 1.807) is 11.1 Å². The third-order valence-corrected chi connectivity index (χ3v) is 19.2. The Morgan fingerprint density at radius 1 is 0.435 bits per heavy atom. The summed E-state index contributed by atoms with van der Waals surface area (Å²) in [6.07, 6.45) is 10.8. The van der Waals surface area contributed by atoms with Gasteiger partial charge in [0.15, 0.2) is 0 Å². The van der Waals surface area contributed by atoms with Gasteiger partial charge in [-0.15, -0.1) is 0 Å². The molecule has 2 heteroatoms. The number of para-hydroxylation sites is 3. The molecule has 9 aromatic carbocycles. The van der Waals surface area contributed by atoms with Crippen molar-refractivity contribution in [1.29, 1.82) is 0 Å². The monoisotopic (exact) mass is 887 g/mol. The van der Waals surface area contributed by atoms with E-state index in [2.05, 4.69) is 193 Å². The Morgan fingerprint density at radius 2 is 1.07 bits per heavy atom. The van der Waals surface area contributed by atoms with E-state index in [0.717, 1.165) is 51.3 Å². The molecule has 0 saturated heterocycles. The molecule has 10 aromatic rings. The zero-order valence-electron chi connectivity index (χ0n) is 38.9. The average Bonchev–Trinajstić information content (AvgIpc) is 3.92. The molecule has 2 spiro atoms. The second kappa shape index (κ2) is 14.2. The van der Waals surface area contributed by atoms with Crippen molar-refractivity contribution in [3.63, 3.8) is 0 Å².